The predicted molar refractivity (Wildman–Crippen MR) is 132 cm³/mol. The number of guanidine groups is 1. The third-order valence-corrected chi connectivity index (χ3v) is 4.72. The van der Waals surface area contributed by atoms with Crippen LogP contribution in [0.15, 0.2) is 76.4 Å². The van der Waals surface area contributed by atoms with Crippen LogP contribution >= 0.6 is 24.0 Å². The Morgan fingerprint density at radius 1 is 1.07 bits per heavy atom. The molecule has 0 unspecified atom stereocenters. The Morgan fingerprint density at radius 2 is 1.87 bits per heavy atom. The van der Waals surface area contributed by atoms with E-state index in [9.17, 15) is 0 Å². The number of hydrogen-bond acceptors (Lipinski definition) is 3. The van der Waals surface area contributed by atoms with E-state index in [0.29, 0.717) is 6.54 Å². The van der Waals surface area contributed by atoms with Gasteiger partial charge in [-0.2, -0.15) is 0 Å². The lowest BCUT2D eigenvalue weighted by Crippen LogP contribution is -2.38. The molecule has 0 saturated heterocycles. The maximum absolute atomic E-state index is 5.45. The number of aromatic nitrogens is 2. The fourth-order valence-electron chi connectivity index (χ4n) is 3.28. The number of aliphatic imine (C=N–C) groups is 1. The van der Waals surface area contributed by atoms with Crippen LogP contribution in [0, 0.1) is 0 Å². The number of halogens is 1. The number of nitrogens with one attached hydrogen (secondary N) is 3. The first-order chi connectivity index (χ1) is 14.3. The summed E-state index contributed by atoms with van der Waals surface area (Å²) in [4.78, 5) is 7.96. The van der Waals surface area contributed by atoms with Gasteiger partial charge in [0.05, 0.1) is 6.54 Å². The van der Waals surface area contributed by atoms with Gasteiger partial charge in [-0.25, -0.2) is 4.99 Å². The average molecular weight is 515 g/mol. The van der Waals surface area contributed by atoms with Gasteiger partial charge in [-0.15, -0.1) is 24.0 Å². The summed E-state index contributed by atoms with van der Waals surface area (Å²) >= 11 is 0. The molecule has 4 aromatic rings. The number of rotatable bonds is 7. The van der Waals surface area contributed by atoms with Crippen molar-refractivity contribution in [1.29, 1.82) is 0 Å². The van der Waals surface area contributed by atoms with Crippen molar-refractivity contribution >= 4 is 40.8 Å². The Balaban J connectivity index is 0.00000256. The molecule has 2 aromatic heterocycles. The summed E-state index contributed by atoms with van der Waals surface area (Å²) in [6.45, 7) is 4.11. The van der Waals surface area contributed by atoms with Gasteiger partial charge in [0.25, 0.3) is 0 Å². The first kappa shape index (κ1) is 21.9. The van der Waals surface area contributed by atoms with Crippen molar-refractivity contribution in [2.75, 3.05) is 13.1 Å². The van der Waals surface area contributed by atoms with Crippen molar-refractivity contribution in [2.24, 2.45) is 4.99 Å². The van der Waals surface area contributed by atoms with Gasteiger partial charge >= 0.3 is 0 Å². The predicted octanol–water partition coefficient (Wildman–Crippen LogP) is 4.74. The number of aromatic amines is 1. The molecule has 0 bridgehead atoms. The van der Waals surface area contributed by atoms with Crippen LogP contribution in [0.2, 0.25) is 0 Å². The maximum Gasteiger partial charge on any atom is 0.191 e. The van der Waals surface area contributed by atoms with Crippen LogP contribution < -0.4 is 10.6 Å². The molecule has 2 heterocycles. The third-order valence-electron chi connectivity index (χ3n) is 4.72. The normalized spacial score (nSPS) is 11.3. The summed E-state index contributed by atoms with van der Waals surface area (Å²) in [6, 6.07) is 20.3. The largest absolute Gasteiger partial charge is 0.361 e. The number of para-hydroxylation sites is 1. The van der Waals surface area contributed by atoms with Gasteiger partial charge in [-0.1, -0.05) is 53.7 Å². The smallest absolute Gasteiger partial charge is 0.191 e. The molecule has 7 heteroatoms. The van der Waals surface area contributed by atoms with Crippen molar-refractivity contribution in [2.45, 2.75) is 19.9 Å². The van der Waals surface area contributed by atoms with E-state index < -0.39 is 0 Å². The zero-order valence-electron chi connectivity index (χ0n) is 16.9. The molecule has 0 aliphatic rings. The lowest BCUT2D eigenvalue weighted by molar-refractivity contribution is 0.424. The van der Waals surface area contributed by atoms with E-state index in [4.69, 9.17) is 4.52 Å². The minimum Gasteiger partial charge on any atom is -0.361 e. The lowest BCUT2D eigenvalue weighted by atomic mass is 10.1. The second-order valence-corrected chi connectivity index (χ2v) is 6.78. The molecule has 0 aliphatic carbocycles. The third kappa shape index (κ3) is 5.41. The Morgan fingerprint density at radius 3 is 2.70 bits per heavy atom. The van der Waals surface area contributed by atoms with Crippen LogP contribution in [0.4, 0.5) is 0 Å². The Bertz CT molecular complexity index is 1090. The summed E-state index contributed by atoms with van der Waals surface area (Å²) < 4.78 is 5.45. The number of H-pyrrole nitrogens is 1. The topological polar surface area (TPSA) is 78.2 Å². The Labute approximate surface area is 193 Å². The van der Waals surface area contributed by atoms with Crippen LogP contribution in [-0.2, 0) is 13.0 Å². The summed E-state index contributed by atoms with van der Waals surface area (Å²) in [5.41, 5.74) is 4.29. The van der Waals surface area contributed by atoms with Crippen molar-refractivity contribution in [1.82, 2.24) is 20.8 Å². The molecule has 4 rings (SSSR count). The van der Waals surface area contributed by atoms with Crippen LogP contribution in [-0.4, -0.2) is 29.2 Å². The number of hydrogen-bond donors (Lipinski definition) is 3. The molecule has 0 spiro atoms. The highest BCUT2D eigenvalue weighted by atomic mass is 127. The summed E-state index contributed by atoms with van der Waals surface area (Å²) in [7, 11) is 0. The number of nitrogens with zero attached hydrogens (tertiary/aromatic N) is 2. The molecule has 2 aromatic carbocycles. The van der Waals surface area contributed by atoms with Crippen LogP contribution in [0.1, 0.15) is 18.2 Å². The highest BCUT2D eigenvalue weighted by molar-refractivity contribution is 14.0. The van der Waals surface area contributed by atoms with E-state index in [1.54, 1.807) is 0 Å². The Hall–Kier alpha value is -2.81. The number of benzene rings is 2. The van der Waals surface area contributed by atoms with Gasteiger partial charge in [0, 0.05) is 41.8 Å². The second-order valence-electron chi connectivity index (χ2n) is 6.78. The summed E-state index contributed by atoms with van der Waals surface area (Å²) in [6.07, 6.45) is 2.99. The fraction of sp³-hybridized carbons (Fsp3) is 0.217. The highest BCUT2D eigenvalue weighted by Crippen LogP contribution is 2.20. The minimum absolute atomic E-state index is 0. The van der Waals surface area contributed by atoms with E-state index in [1.807, 2.05) is 42.5 Å². The molecule has 0 aliphatic heterocycles. The molecule has 0 saturated carbocycles. The monoisotopic (exact) mass is 515 g/mol. The molecule has 156 valence electrons. The fourth-order valence-corrected chi connectivity index (χ4v) is 3.28. The van der Waals surface area contributed by atoms with Gasteiger partial charge in [0.15, 0.2) is 11.7 Å². The average Bonchev–Trinajstić information content (AvgIpc) is 3.40. The first-order valence-electron chi connectivity index (χ1n) is 9.91. The van der Waals surface area contributed by atoms with Crippen LogP contribution in [0.25, 0.3) is 22.2 Å². The van der Waals surface area contributed by atoms with E-state index in [1.165, 1.54) is 16.5 Å². The molecule has 30 heavy (non-hydrogen) atoms. The standard InChI is InChI=1S/C23H25N5O.HI/c1-2-24-23(25-13-12-18-15-26-21-11-7-6-10-20(18)21)27-16-19-14-22(29-28-19)17-8-4-3-5-9-17;/h3-11,14-15,26H,2,12-13,16H2,1H3,(H2,24,25,27);1H. The SMILES string of the molecule is CCNC(=NCc1cc(-c2ccccc2)on1)NCCc1c[nH]c2ccccc12.I. The molecule has 0 radical (unpaired) electrons. The molecule has 0 atom stereocenters. The van der Waals surface area contributed by atoms with E-state index in [0.717, 1.165) is 42.5 Å². The van der Waals surface area contributed by atoms with Gasteiger partial charge in [-0.3, -0.25) is 0 Å². The van der Waals surface area contributed by atoms with E-state index in [-0.39, 0.29) is 24.0 Å². The second kappa shape index (κ2) is 10.8. The van der Waals surface area contributed by atoms with Gasteiger partial charge in [0.2, 0.25) is 0 Å². The van der Waals surface area contributed by atoms with Crippen LogP contribution in [0.5, 0.6) is 0 Å². The molecule has 3 N–H and O–H groups in total. The summed E-state index contributed by atoms with van der Waals surface area (Å²) in [5, 5.41) is 12.1. The van der Waals surface area contributed by atoms with Gasteiger partial charge < -0.3 is 20.1 Å². The van der Waals surface area contributed by atoms with Crippen molar-refractivity contribution in [3.63, 3.8) is 0 Å². The van der Waals surface area contributed by atoms with Crippen molar-refractivity contribution in [3.8, 4) is 11.3 Å². The maximum atomic E-state index is 5.45. The van der Waals surface area contributed by atoms with E-state index >= 15 is 0 Å². The minimum atomic E-state index is 0. The van der Waals surface area contributed by atoms with Crippen molar-refractivity contribution in [3.05, 3.63) is 78.1 Å². The lowest BCUT2D eigenvalue weighted by Gasteiger charge is -2.10. The van der Waals surface area contributed by atoms with Crippen molar-refractivity contribution < 1.29 is 4.52 Å². The summed E-state index contributed by atoms with van der Waals surface area (Å²) in [5.74, 6) is 1.53. The van der Waals surface area contributed by atoms with Gasteiger partial charge in [0.1, 0.15) is 5.69 Å². The first-order valence-corrected chi connectivity index (χ1v) is 9.91. The number of fused-ring (bicyclic) bond motifs is 1. The van der Waals surface area contributed by atoms with Gasteiger partial charge in [-0.05, 0) is 25.0 Å². The molecule has 6 nitrogen and oxygen atoms in total. The molecular weight excluding hydrogens is 489 g/mol. The zero-order valence-corrected chi connectivity index (χ0v) is 19.2. The zero-order chi connectivity index (χ0) is 19.9. The highest BCUT2D eigenvalue weighted by Gasteiger charge is 2.07. The molecular formula is C23H26IN5O. The molecule has 0 amide bonds. The molecule has 0 fully saturated rings. The van der Waals surface area contributed by atoms with Crippen LogP contribution in [0.3, 0.4) is 0 Å². The quantitative estimate of drug-likeness (QED) is 0.189. The van der Waals surface area contributed by atoms with E-state index in [2.05, 4.69) is 57.1 Å². The Kier molecular flexibility index (Phi) is 7.89.